The summed E-state index contributed by atoms with van der Waals surface area (Å²) in [5.74, 6) is 0.102. The molecule has 0 unspecified atom stereocenters. The second-order valence-corrected chi connectivity index (χ2v) is 7.80. The lowest BCUT2D eigenvalue weighted by Gasteiger charge is -2.36. The first-order valence-corrected chi connectivity index (χ1v) is 6.96. The molecule has 0 rings (SSSR count). The molecule has 0 heterocycles. The highest BCUT2D eigenvalue weighted by Gasteiger charge is 2.40. The van der Waals surface area contributed by atoms with Crippen LogP contribution in [0.15, 0.2) is 0 Å². The van der Waals surface area contributed by atoms with E-state index in [9.17, 15) is 4.79 Å². The minimum atomic E-state index is -0.763. The van der Waals surface area contributed by atoms with Crippen molar-refractivity contribution in [1.82, 2.24) is 0 Å². The van der Waals surface area contributed by atoms with E-state index in [1.807, 2.05) is 13.8 Å². The predicted molar refractivity (Wildman–Crippen MR) is 72.3 cm³/mol. The van der Waals surface area contributed by atoms with Crippen LogP contribution in [-0.2, 0) is 4.79 Å². The van der Waals surface area contributed by atoms with Crippen LogP contribution in [0.5, 0.6) is 0 Å². The van der Waals surface area contributed by atoms with Gasteiger partial charge in [0.2, 0.25) is 0 Å². The van der Waals surface area contributed by atoms with E-state index in [1.54, 1.807) is 13.8 Å². The van der Waals surface area contributed by atoms with Gasteiger partial charge < -0.3 is 5.73 Å². The second-order valence-electron chi connectivity index (χ2n) is 5.96. The van der Waals surface area contributed by atoms with Crippen molar-refractivity contribution in [1.29, 1.82) is 0 Å². The molecule has 0 saturated carbocycles. The summed E-state index contributed by atoms with van der Waals surface area (Å²) in [6.45, 7) is 11.6. The molecule has 0 aliphatic rings. The summed E-state index contributed by atoms with van der Waals surface area (Å²) in [5, 5.41) is 0. The lowest BCUT2D eigenvalue weighted by atomic mass is 9.74. The van der Waals surface area contributed by atoms with E-state index in [2.05, 4.69) is 25.5 Å². The molecule has 0 aliphatic carbocycles. The number of hydrogen-bond acceptors (Lipinski definition) is 4. The fourth-order valence-corrected chi connectivity index (χ4v) is 2.67. The van der Waals surface area contributed by atoms with Crippen molar-refractivity contribution in [3.05, 3.63) is 0 Å². The van der Waals surface area contributed by atoms with E-state index in [1.165, 1.54) is 10.8 Å². The minimum absolute atomic E-state index is 0.0203. The van der Waals surface area contributed by atoms with Crippen LogP contribution in [0.25, 0.3) is 0 Å². The quantitative estimate of drug-likeness (QED) is 0.581. The molecule has 0 fully saturated rings. The summed E-state index contributed by atoms with van der Waals surface area (Å²) in [4.78, 5) is 12.1. The molecule has 0 radical (unpaired) electrons. The van der Waals surface area contributed by atoms with Gasteiger partial charge >= 0.3 is 0 Å². The normalized spacial score (nSPS) is 14.1. The lowest BCUT2D eigenvalue weighted by Crippen LogP contribution is -2.50. The van der Waals surface area contributed by atoms with Crippen LogP contribution in [-0.4, -0.2) is 16.1 Å². The summed E-state index contributed by atoms with van der Waals surface area (Å²) in [5.41, 5.74) is 4.68. The Morgan fingerprint density at radius 3 is 1.87 bits per heavy atom. The number of hydrogen-bond donors (Lipinski definition) is 2. The van der Waals surface area contributed by atoms with Crippen molar-refractivity contribution in [2.24, 2.45) is 11.1 Å². The third kappa shape index (κ3) is 4.79. The van der Waals surface area contributed by atoms with E-state index in [0.29, 0.717) is 0 Å². The molecule has 0 bridgehead atoms. The number of thiol groups is 1. The monoisotopic (exact) mass is 249 g/mol. The molecule has 4 heteroatoms. The Bertz CT molecular complexity index is 241. The van der Waals surface area contributed by atoms with Crippen molar-refractivity contribution in [3.63, 3.8) is 0 Å². The molecule has 0 aliphatic heterocycles. The zero-order valence-electron chi connectivity index (χ0n) is 10.5. The average molecular weight is 249 g/mol. The average Bonchev–Trinajstić information content (AvgIpc) is 1.99. The Hall–Kier alpha value is 0.330. The summed E-state index contributed by atoms with van der Waals surface area (Å²) < 4.78 is -0.0203. The molecular formula is C11H23NOS2. The van der Waals surface area contributed by atoms with Crippen LogP contribution in [0.2, 0.25) is 0 Å². The highest BCUT2D eigenvalue weighted by Crippen LogP contribution is 2.40. The number of nitrogens with two attached hydrogens (primary N) is 1. The number of ketones is 1. The Morgan fingerprint density at radius 1 is 1.20 bits per heavy atom. The van der Waals surface area contributed by atoms with Crippen molar-refractivity contribution >= 4 is 28.2 Å². The van der Waals surface area contributed by atoms with Gasteiger partial charge in [-0.1, -0.05) is 24.6 Å². The Labute approximate surface area is 103 Å². The summed E-state index contributed by atoms with van der Waals surface area (Å²) >= 11 is 4.23. The first-order chi connectivity index (χ1) is 6.42. The van der Waals surface area contributed by atoms with E-state index < -0.39 is 11.0 Å². The standard InChI is InChI=1S/C11H23NOS2/c1-9(2,7-10(3,4)15-14)8(13)11(5,6)12/h14H,7,12H2,1-6H3. The maximum atomic E-state index is 12.1. The van der Waals surface area contributed by atoms with Gasteiger partial charge in [0, 0.05) is 10.2 Å². The maximum absolute atomic E-state index is 12.1. The molecule has 0 aromatic rings. The molecule has 0 aromatic carbocycles. The number of carbonyl (C=O) groups excluding carboxylic acids is 1. The number of carbonyl (C=O) groups is 1. The smallest absolute Gasteiger partial charge is 0.157 e. The van der Waals surface area contributed by atoms with Gasteiger partial charge in [-0.3, -0.25) is 4.79 Å². The van der Waals surface area contributed by atoms with Gasteiger partial charge in [0.25, 0.3) is 0 Å². The Morgan fingerprint density at radius 2 is 1.60 bits per heavy atom. The van der Waals surface area contributed by atoms with Crippen LogP contribution >= 0.6 is 22.5 Å². The van der Waals surface area contributed by atoms with Gasteiger partial charge in [-0.2, -0.15) is 0 Å². The van der Waals surface area contributed by atoms with E-state index in [-0.39, 0.29) is 10.5 Å². The first kappa shape index (κ1) is 15.3. The van der Waals surface area contributed by atoms with Crippen molar-refractivity contribution < 1.29 is 4.79 Å². The molecule has 0 spiro atoms. The molecule has 2 N–H and O–H groups in total. The third-order valence-electron chi connectivity index (χ3n) is 2.31. The molecular weight excluding hydrogens is 226 g/mol. The molecule has 0 amide bonds. The van der Waals surface area contributed by atoms with E-state index in [0.717, 1.165) is 6.42 Å². The highest BCUT2D eigenvalue weighted by molar-refractivity contribution is 8.69. The van der Waals surface area contributed by atoms with Crippen molar-refractivity contribution in [3.8, 4) is 0 Å². The SMILES string of the molecule is CC(C)(CC(C)(C)C(=O)C(C)(C)N)SS. The third-order valence-corrected chi connectivity index (χ3v) is 4.44. The fourth-order valence-electron chi connectivity index (χ4n) is 2.05. The van der Waals surface area contributed by atoms with Crippen molar-refractivity contribution in [2.75, 3.05) is 0 Å². The van der Waals surface area contributed by atoms with Crippen LogP contribution in [0.1, 0.15) is 48.0 Å². The molecule has 0 saturated heterocycles. The molecule has 0 atom stereocenters. The summed E-state index contributed by atoms with van der Waals surface area (Å²) in [6, 6.07) is 0. The zero-order chi connectivity index (χ0) is 12.5. The summed E-state index contributed by atoms with van der Waals surface area (Å²) in [7, 11) is 1.48. The van der Waals surface area contributed by atoms with Crippen LogP contribution < -0.4 is 5.73 Å². The van der Waals surface area contributed by atoms with E-state index >= 15 is 0 Å². The van der Waals surface area contributed by atoms with Crippen LogP contribution in [0, 0.1) is 5.41 Å². The molecule has 15 heavy (non-hydrogen) atoms. The second kappa shape index (κ2) is 4.68. The Kier molecular flexibility index (Phi) is 4.78. The van der Waals surface area contributed by atoms with Gasteiger partial charge in [-0.05, 0) is 34.1 Å². The highest BCUT2D eigenvalue weighted by atomic mass is 33.1. The fraction of sp³-hybridized carbons (Fsp3) is 0.909. The first-order valence-electron chi connectivity index (χ1n) is 5.09. The summed E-state index contributed by atoms with van der Waals surface area (Å²) in [6.07, 6.45) is 0.771. The lowest BCUT2D eigenvalue weighted by molar-refractivity contribution is -0.132. The Balaban J connectivity index is 4.78. The maximum Gasteiger partial charge on any atom is 0.157 e. The van der Waals surface area contributed by atoms with Gasteiger partial charge in [0.1, 0.15) is 0 Å². The predicted octanol–water partition coefficient (Wildman–Crippen LogP) is 3.07. The van der Waals surface area contributed by atoms with Crippen LogP contribution in [0.3, 0.4) is 0 Å². The van der Waals surface area contributed by atoms with Gasteiger partial charge in [0.15, 0.2) is 5.78 Å². The van der Waals surface area contributed by atoms with Crippen molar-refractivity contribution in [2.45, 2.75) is 58.2 Å². The largest absolute Gasteiger partial charge is 0.319 e. The van der Waals surface area contributed by atoms with Gasteiger partial charge in [0.05, 0.1) is 5.54 Å². The topological polar surface area (TPSA) is 43.1 Å². The minimum Gasteiger partial charge on any atom is -0.319 e. The van der Waals surface area contributed by atoms with Gasteiger partial charge in [-0.25, -0.2) is 0 Å². The molecule has 2 nitrogen and oxygen atoms in total. The molecule has 0 aromatic heterocycles. The zero-order valence-corrected chi connectivity index (χ0v) is 12.3. The van der Waals surface area contributed by atoms with Gasteiger partial charge in [-0.15, -0.1) is 11.7 Å². The van der Waals surface area contributed by atoms with E-state index in [4.69, 9.17) is 5.73 Å². The van der Waals surface area contributed by atoms with Crippen LogP contribution in [0.4, 0.5) is 0 Å². The molecule has 90 valence electrons. The number of Topliss-reactive ketones (excluding diaryl/α,β-unsaturated/α-hetero) is 1. The number of rotatable bonds is 5.